The maximum Gasteiger partial charge on any atom is 0.253 e. The minimum absolute atomic E-state index is 0.213. The fourth-order valence-electron chi connectivity index (χ4n) is 2.25. The van der Waals surface area contributed by atoms with Gasteiger partial charge in [-0.1, -0.05) is 13.8 Å². The monoisotopic (exact) mass is 368 g/mol. The molecule has 0 atom stereocenters. The minimum atomic E-state index is -0.213. The molecule has 3 aromatic heterocycles. The van der Waals surface area contributed by atoms with E-state index in [-0.39, 0.29) is 5.91 Å². The number of hydrogen-bond acceptors (Lipinski definition) is 6. The van der Waals surface area contributed by atoms with Crippen molar-refractivity contribution in [1.29, 1.82) is 0 Å². The molecule has 0 unspecified atom stereocenters. The Hall–Kier alpha value is -2.80. The van der Waals surface area contributed by atoms with Gasteiger partial charge in [0, 0.05) is 35.6 Å². The predicted molar refractivity (Wildman–Crippen MR) is 101 cm³/mol. The van der Waals surface area contributed by atoms with Crippen LogP contribution < -0.4 is 10.1 Å². The second-order valence-corrected chi connectivity index (χ2v) is 6.92. The van der Waals surface area contributed by atoms with Crippen LogP contribution in [0.4, 0.5) is 0 Å². The largest absolute Gasteiger partial charge is 0.477 e. The lowest BCUT2D eigenvalue weighted by atomic mass is 10.2. The van der Waals surface area contributed by atoms with Crippen molar-refractivity contribution in [3.8, 4) is 17.1 Å². The van der Waals surface area contributed by atoms with Crippen molar-refractivity contribution in [3.05, 3.63) is 58.8 Å². The van der Waals surface area contributed by atoms with Crippen LogP contribution in [-0.4, -0.2) is 27.5 Å². The van der Waals surface area contributed by atoms with E-state index in [1.54, 1.807) is 35.9 Å². The maximum absolute atomic E-state index is 12.4. The van der Waals surface area contributed by atoms with Crippen molar-refractivity contribution in [3.63, 3.8) is 0 Å². The third kappa shape index (κ3) is 4.64. The molecule has 0 aliphatic rings. The van der Waals surface area contributed by atoms with Crippen molar-refractivity contribution in [2.75, 3.05) is 6.61 Å². The summed E-state index contributed by atoms with van der Waals surface area (Å²) in [6.45, 7) is 5.03. The van der Waals surface area contributed by atoms with Crippen LogP contribution >= 0.6 is 11.3 Å². The first-order valence-electron chi connectivity index (χ1n) is 8.33. The molecule has 26 heavy (non-hydrogen) atoms. The summed E-state index contributed by atoms with van der Waals surface area (Å²) in [5.74, 6) is 0.725. The number of hydrogen-bond donors (Lipinski definition) is 1. The van der Waals surface area contributed by atoms with Gasteiger partial charge in [-0.2, -0.15) is 11.3 Å². The highest BCUT2D eigenvalue weighted by Gasteiger charge is 2.11. The van der Waals surface area contributed by atoms with Crippen LogP contribution in [0.25, 0.3) is 11.3 Å². The highest BCUT2D eigenvalue weighted by Crippen LogP contribution is 2.22. The van der Waals surface area contributed by atoms with Crippen LogP contribution in [0.3, 0.4) is 0 Å². The van der Waals surface area contributed by atoms with Gasteiger partial charge in [0.15, 0.2) is 0 Å². The SMILES string of the molecule is CC(C)COc1ccc(C(=O)NCc2nccnc2-c2ccsc2)cn1. The summed E-state index contributed by atoms with van der Waals surface area (Å²) in [7, 11) is 0. The van der Waals surface area contributed by atoms with Crippen LogP contribution in [0.15, 0.2) is 47.5 Å². The summed E-state index contributed by atoms with van der Waals surface area (Å²) in [5, 5.41) is 6.86. The predicted octanol–water partition coefficient (Wildman–Crippen LogP) is 3.56. The average Bonchev–Trinajstić information content (AvgIpc) is 3.19. The molecule has 0 spiro atoms. The van der Waals surface area contributed by atoms with Crippen molar-refractivity contribution in [1.82, 2.24) is 20.3 Å². The Balaban J connectivity index is 1.63. The number of ether oxygens (including phenoxy) is 1. The smallest absolute Gasteiger partial charge is 0.253 e. The first kappa shape index (κ1) is 18.0. The van der Waals surface area contributed by atoms with Gasteiger partial charge in [0.25, 0.3) is 5.91 Å². The zero-order valence-corrected chi connectivity index (χ0v) is 15.5. The van der Waals surface area contributed by atoms with E-state index in [9.17, 15) is 4.79 Å². The van der Waals surface area contributed by atoms with E-state index >= 15 is 0 Å². The summed E-state index contributed by atoms with van der Waals surface area (Å²) < 4.78 is 5.53. The Kier molecular flexibility index (Phi) is 5.91. The number of rotatable bonds is 7. The molecule has 3 aromatic rings. The van der Waals surface area contributed by atoms with Gasteiger partial charge < -0.3 is 10.1 Å². The zero-order chi connectivity index (χ0) is 18.4. The van der Waals surface area contributed by atoms with E-state index in [2.05, 4.69) is 34.1 Å². The molecule has 1 N–H and O–H groups in total. The molecule has 0 saturated heterocycles. The van der Waals surface area contributed by atoms with E-state index in [4.69, 9.17) is 4.74 Å². The third-order valence-corrected chi connectivity index (χ3v) is 4.23. The van der Waals surface area contributed by atoms with E-state index in [0.717, 1.165) is 17.0 Å². The Labute approximate surface area is 156 Å². The molecule has 1 amide bonds. The number of thiophene rings is 1. The summed E-state index contributed by atoms with van der Waals surface area (Å²) in [4.78, 5) is 25.3. The van der Waals surface area contributed by atoms with Gasteiger partial charge >= 0.3 is 0 Å². The van der Waals surface area contributed by atoms with Crippen LogP contribution in [-0.2, 0) is 6.54 Å². The fraction of sp³-hybridized carbons (Fsp3) is 0.263. The van der Waals surface area contributed by atoms with Gasteiger partial charge in [0.2, 0.25) is 5.88 Å². The molecule has 0 bridgehead atoms. The van der Waals surface area contributed by atoms with Gasteiger partial charge in [0.05, 0.1) is 30.1 Å². The van der Waals surface area contributed by atoms with Crippen molar-refractivity contribution < 1.29 is 9.53 Å². The molecule has 0 aliphatic heterocycles. The molecule has 6 nitrogen and oxygen atoms in total. The number of pyridine rings is 1. The van der Waals surface area contributed by atoms with E-state index < -0.39 is 0 Å². The highest BCUT2D eigenvalue weighted by atomic mass is 32.1. The average molecular weight is 368 g/mol. The van der Waals surface area contributed by atoms with Crippen molar-refractivity contribution >= 4 is 17.2 Å². The standard InChI is InChI=1S/C19H20N4O2S/c1-13(2)11-25-17-4-3-14(9-22-17)19(24)23-10-16-18(21-7-6-20-16)15-5-8-26-12-15/h3-9,12-13H,10-11H2,1-2H3,(H,23,24). The lowest BCUT2D eigenvalue weighted by molar-refractivity contribution is 0.0950. The molecule has 0 saturated carbocycles. The minimum Gasteiger partial charge on any atom is -0.477 e. The fourth-order valence-corrected chi connectivity index (χ4v) is 2.90. The summed E-state index contributed by atoms with van der Waals surface area (Å²) >= 11 is 1.60. The van der Waals surface area contributed by atoms with Gasteiger partial charge in [-0.05, 0) is 23.4 Å². The number of nitrogens with zero attached hydrogens (tertiary/aromatic N) is 3. The Morgan fingerprint density at radius 2 is 2.04 bits per heavy atom. The number of nitrogens with one attached hydrogen (secondary N) is 1. The summed E-state index contributed by atoms with van der Waals surface area (Å²) in [5.41, 5.74) is 2.98. The Morgan fingerprint density at radius 3 is 2.73 bits per heavy atom. The molecule has 0 fully saturated rings. The number of carbonyl (C=O) groups is 1. The number of carbonyl (C=O) groups excluding carboxylic acids is 1. The molecule has 134 valence electrons. The normalized spacial score (nSPS) is 10.7. The topological polar surface area (TPSA) is 77.0 Å². The first-order chi connectivity index (χ1) is 12.6. The van der Waals surface area contributed by atoms with E-state index in [1.807, 2.05) is 16.8 Å². The third-order valence-electron chi connectivity index (χ3n) is 3.55. The molecule has 0 aliphatic carbocycles. The lowest BCUT2D eigenvalue weighted by Crippen LogP contribution is -2.24. The van der Waals surface area contributed by atoms with E-state index in [1.165, 1.54) is 6.20 Å². The van der Waals surface area contributed by atoms with Crippen molar-refractivity contribution in [2.45, 2.75) is 20.4 Å². The second-order valence-electron chi connectivity index (χ2n) is 6.14. The number of amides is 1. The zero-order valence-electron chi connectivity index (χ0n) is 14.7. The molecule has 7 heteroatoms. The lowest BCUT2D eigenvalue weighted by Gasteiger charge is -2.09. The highest BCUT2D eigenvalue weighted by molar-refractivity contribution is 7.08. The van der Waals surface area contributed by atoms with Crippen LogP contribution in [0.1, 0.15) is 29.9 Å². The summed E-state index contributed by atoms with van der Waals surface area (Å²) in [6.07, 6.45) is 4.79. The van der Waals surface area contributed by atoms with Crippen LogP contribution in [0.2, 0.25) is 0 Å². The first-order valence-corrected chi connectivity index (χ1v) is 9.27. The summed E-state index contributed by atoms with van der Waals surface area (Å²) in [6, 6.07) is 5.39. The maximum atomic E-state index is 12.4. The molecular weight excluding hydrogens is 348 g/mol. The van der Waals surface area contributed by atoms with E-state index in [0.29, 0.717) is 30.5 Å². The molecule has 3 heterocycles. The molecule has 0 radical (unpaired) electrons. The Morgan fingerprint density at radius 1 is 1.19 bits per heavy atom. The van der Waals surface area contributed by atoms with Gasteiger partial charge in [-0.3, -0.25) is 14.8 Å². The number of aromatic nitrogens is 3. The van der Waals surface area contributed by atoms with Gasteiger partial charge in [0.1, 0.15) is 0 Å². The van der Waals surface area contributed by atoms with Crippen LogP contribution in [0.5, 0.6) is 5.88 Å². The molecular formula is C19H20N4O2S. The van der Waals surface area contributed by atoms with Crippen molar-refractivity contribution in [2.24, 2.45) is 5.92 Å². The van der Waals surface area contributed by atoms with Crippen LogP contribution in [0, 0.1) is 5.92 Å². The second kappa shape index (κ2) is 8.53. The van der Waals surface area contributed by atoms with Gasteiger partial charge in [-0.25, -0.2) is 4.98 Å². The molecule has 3 rings (SSSR count). The Bertz CT molecular complexity index is 848. The molecule has 0 aromatic carbocycles. The van der Waals surface area contributed by atoms with Gasteiger partial charge in [-0.15, -0.1) is 0 Å². The quantitative estimate of drug-likeness (QED) is 0.690.